The summed E-state index contributed by atoms with van der Waals surface area (Å²) in [6, 6.07) is 17.1. The van der Waals surface area contributed by atoms with Gasteiger partial charge < -0.3 is 14.7 Å². The molecule has 0 radical (unpaired) electrons. The van der Waals surface area contributed by atoms with E-state index in [0.717, 1.165) is 31.0 Å². The monoisotopic (exact) mass is 446 g/mol. The van der Waals surface area contributed by atoms with Crippen molar-refractivity contribution in [1.29, 1.82) is 0 Å². The molecule has 0 saturated carbocycles. The molecule has 2 aromatic heterocycles. The van der Waals surface area contributed by atoms with E-state index in [-0.39, 0.29) is 17.7 Å². The van der Waals surface area contributed by atoms with E-state index in [2.05, 4.69) is 14.8 Å². The fourth-order valence-corrected chi connectivity index (χ4v) is 4.78. The third-order valence-electron chi connectivity index (χ3n) is 6.59. The molecule has 7 heteroatoms. The van der Waals surface area contributed by atoms with Crippen molar-refractivity contribution in [3.05, 3.63) is 82.9 Å². The van der Waals surface area contributed by atoms with Crippen LogP contribution in [0.4, 0.5) is 5.82 Å². The van der Waals surface area contributed by atoms with Crippen LogP contribution in [0, 0.1) is 0 Å². The number of aromatic nitrogens is 2. The standard InChI is InChI=1S/C26H30N4O3/c31-24-18-29(17-23(24)28-12-5-2-6-13-28)25-10-9-21(16-27-25)30-14-11-22(15-26(30)32)33-19-20-7-3-1-4-8-20/h1,3-4,7-11,14-16,23-24,31H,2,5-6,12-13,17-19H2/t23-,24-/m0/s1. The van der Waals surface area contributed by atoms with Crippen molar-refractivity contribution in [1.82, 2.24) is 14.5 Å². The molecular formula is C26H30N4O3. The Morgan fingerprint density at radius 2 is 1.82 bits per heavy atom. The average molecular weight is 447 g/mol. The maximum atomic E-state index is 12.7. The van der Waals surface area contributed by atoms with Gasteiger partial charge in [0.15, 0.2) is 0 Å². The Hall–Kier alpha value is -3.16. The Kier molecular flexibility index (Phi) is 6.41. The van der Waals surface area contributed by atoms with E-state index in [4.69, 9.17) is 4.74 Å². The van der Waals surface area contributed by atoms with Gasteiger partial charge in [-0.05, 0) is 49.7 Å². The quantitative estimate of drug-likeness (QED) is 0.628. The second kappa shape index (κ2) is 9.77. The highest BCUT2D eigenvalue weighted by Gasteiger charge is 2.36. The normalized spacial score (nSPS) is 21.3. The lowest BCUT2D eigenvalue weighted by Crippen LogP contribution is -2.45. The number of hydrogen-bond donors (Lipinski definition) is 1. The average Bonchev–Trinajstić information content (AvgIpc) is 3.26. The smallest absolute Gasteiger partial charge is 0.258 e. The first-order valence-electron chi connectivity index (χ1n) is 11.7. The molecule has 2 atom stereocenters. The van der Waals surface area contributed by atoms with E-state index in [1.807, 2.05) is 42.5 Å². The first-order valence-corrected chi connectivity index (χ1v) is 11.7. The van der Waals surface area contributed by atoms with Crippen LogP contribution in [-0.4, -0.2) is 57.9 Å². The van der Waals surface area contributed by atoms with E-state index in [9.17, 15) is 9.90 Å². The lowest BCUT2D eigenvalue weighted by atomic mass is 10.1. The summed E-state index contributed by atoms with van der Waals surface area (Å²) in [5.74, 6) is 1.37. The van der Waals surface area contributed by atoms with Crippen LogP contribution in [0.3, 0.4) is 0 Å². The van der Waals surface area contributed by atoms with Crippen molar-refractivity contribution in [2.45, 2.75) is 38.0 Å². The summed E-state index contributed by atoms with van der Waals surface area (Å²) in [5.41, 5.74) is 1.58. The van der Waals surface area contributed by atoms with Gasteiger partial charge >= 0.3 is 0 Å². The van der Waals surface area contributed by atoms with Crippen LogP contribution in [-0.2, 0) is 6.61 Å². The van der Waals surface area contributed by atoms with Crippen LogP contribution in [0.2, 0.25) is 0 Å². The molecule has 2 aliphatic heterocycles. The Morgan fingerprint density at radius 1 is 1.00 bits per heavy atom. The lowest BCUT2D eigenvalue weighted by Gasteiger charge is -2.33. The summed E-state index contributed by atoms with van der Waals surface area (Å²) < 4.78 is 7.31. The third kappa shape index (κ3) is 4.94. The molecule has 2 saturated heterocycles. The molecule has 3 aromatic rings. The summed E-state index contributed by atoms with van der Waals surface area (Å²) in [6.45, 7) is 3.91. The van der Waals surface area contributed by atoms with Crippen molar-refractivity contribution in [2.24, 2.45) is 0 Å². The van der Waals surface area contributed by atoms with Gasteiger partial charge in [-0.1, -0.05) is 36.8 Å². The van der Waals surface area contributed by atoms with Crippen molar-refractivity contribution < 1.29 is 9.84 Å². The molecule has 5 rings (SSSR count). The lowest BCUT2D eigenvalue weighted by molar-refractivity contribution is 0.0706. The Labute approximate surface area is 193 Å². The first kappa shape index (κ1) is 21.7. The molecule has 33 heavy (non-hydrogen) atoms. The van der Waals surface area contributed by atoms with Crippen LogP contribution in [0.1, 0.15) is 24.8 Å². The van der Waals surface area contributed by atoms with E-state index in [1.54, 1.807) is 23.0 Å². The molecule has 2 fully saturated rings. The Morgan fingerprint density at radius 3 is 2.55 bits per heavy atom. The van der Waals surface area contributed by atoms with Crippen molar-refractivity contribution in [3.8, 4) is 11.4 Å². The number of likely N-dealkylation sites (tertiary alicyclic amines) is 1. The van der Waals surface area contributed by atoms with Crippen LogP contribution < -0.4 is 15.2 Å². The second-order valence-corrected chi connectivity index (χ2v) is 8.86. The van der Waals surface area contributed by atoms with E-state index in [1.165, 1.54) is 25.3 Å². The van der Waals surface area contributed by atoms with Gasteiger partial charge in [0.2, 0.25) is 0 Å². The summed E-state index contributed by atoms with van der Waals surface area (Å²) in [6.07, 6.45) is 6.76. The molecule has 1 aromatic carbocycles. The molecule has 4 heterocycles. The number of rotatable bonds is 6. The van der Waals surface area contributed by atoms with E-state index >= 15 is 0 Å². The van der Waals surface area contributed by atoms with Crippen molar-refractivity contribution in [3.63, 3.8) is 0 Å². The molecule has 0 unspecified atom stereocenters. The minimum Gasteiger partial charge on any atom is -0.489 e. The molecular weight excluding hydrogens is 416 g/mol. The number of pyridine rings is 2. The maximum Gasteiger partial charge on any atom is 0.258 e. The first-order chi connectivity index (χ1) is 16.2. The number of β-amino-alcohol motifs (C(OH)–C–C–N with tert-alkyl or cyclic N) is 1. The van der Waals surface area contributed by atoms with Crippen molar-refractivity contribution >= 4 is 5.82 Å². The number of aliphatic hydroxyl groups is 1. The van der Waals surface area contributed by atoms with Gasteiger partial charge in [-0.2, -0.15) is 0 Å². The summed E-state index contributed by atoms with van der Waals surface area (Å²) in [5, 5.41) is 10.6. The zero-order chi connectivity index (χ0) is 22.6. The van der Waals surface area contributed by atoms with Gasteiger partial charge in [-0.3, -0.25) is 14.3 Å². The maximum absolute atomic E-state index is 12.7. The molecule has 0 bridgehead atoms. The van der Waals surface area contributed by atoms with Gasteiger partial charge in [-0.25, -0.2) is 4.98 Å². The van der Waals surface area contributed by atoms with Gasteiger partial charge in [-0.15, -0.1) is 0 Å². The fourth-order valence-electron chi connectivity index (χ4n) is 4.78. The summed E-state index contributed by atoms with van der Waals surface area (Å²) in [7, 11) is 0. The minimum atomic E-state index is -0.365. The highest BCUT2D eigenvalue weighted by atomic mass is 16.5. The number of nitrogens with zero attached hydrogens (tertiary/aromatic N) is 4. The second-order valence-electron chi connectivity index (χ2n) is 8.86. The zero-order valence-electron chi connectivity index (χ0n) is 18.7. The number of ether oxygens (including phenoxy) is 1. The van der Waals surface area contributed by atoms with Crippen molar-refractivity contribution in [2.75, 3.05) is 31.1 Å². The predicted octanol–water partition coefficient (Wildman–Crippen LogP) is 2.85. The third-order valence-corrected chi connectivity index (χ3v) is 6.59. The molecule has 1 N–H and O–H groups in total. The summed E-state index contributed by atoms with van der Waals surface area (Å²) >= 11 is 0. The van der Waals surface area contributed by atoms with Crippen LogP contribution in [0.15, 0.2) is 71.8 Å². The number of anilines is 1. The topological polar surface area (TPSA) is 70.8 Å². The van der Waals surface area contributed by atoms with Crippen LogP contribution in [0.25, 0.3) is 5.69 Å². The van der Waals surface area contributed by atoms with Gasteiger partial charge in [0.25, 0.3) is 5.56 Å². The Bertz CT molecular complexity index is 1110. The number of benzene rings is 1. The number of piperidine rings is 1. The minimum absolute atomic E-state index is 0.165. The van der Waals surface area contributed by atoms with E-state index in [0.29, 0.717) is 24.6 Å². The highest BCUT2D eigenvalue weighted by Crippen LogP contribution is 2.25. The molecule has 2 aliphatic rings. The summed E-state index contributed by atoms with van der Waals surface area (Å²) in [4.78, 5) is 21.8. The highest BCUT2D eigenvalue weighted by molar-refractivity contribution is 5.45. The predicted molar refractivity (Wildman–Crippen MR) is 128 cm³/mol. The number of aliphatic hydroxyl groups excluding tert-OH is 1. The zero-order valence-corrected chi connectivity index (χ0v) is 18.7. The molecule has 172 valence electrons. The molecule has 0 spiro atoms. The SMILES string of the molecule is O=c1cc(OCc2ccccc2)ccn1-c1ccc(N2C[C@H](O)[C@@H](N3CCCCC3)C2)nc1. The fraction of sp³-hybridized carbons (Fsp3) is 0.385. The molecule has 0 amide bonds. The van der Waals surface area contributed by atoms with Gasteiger partial charge in [0.1, 0.15) is 18.2 Å². The van der Waals surface area contributed by atoms with Gasteiger partial charge in [0.05, 0.1) is 24.0 Å². The van der Waals surface area contributed by atoms with E-state index < -0.39 is 0 Å². The molecule has 7 nitrogen and oxygen atoms in total. The number of hydrogen-bond acceptors (Lipinski definition) is 6. The molecule has 0 aliphatic carbocycles. The largest absolute Gasteiger partial charge is 0.489 e. The van der Waals surface area contributed by atoms with Crippen LogP contribution in [0.5, 0.6) is 5.75 Å². The van der Waals surface area contributed by atoms with Crippen LogP contribution >= 0.6 is 0 Å². The Balaban J connectivity index is 1.24. The van der Waals surface area contributed by atoms with Gasteiger partial charge in [0, 0.05) is 25.4 Å².